The molecule has 0 atom stereocenters. The summed E-state index contributed by atoms with van der Waals surface area (Å²) in [5.41, 5.74) is 11.6. The number of rotatable bonds is 9. The van der Waals surface area contributed by atoms with Gasteiger partial charge in [0.2, 0.25) is 0 Å². The van der Waals surface area contributed by atoms with Crippen LogP contribution in [0.5, 0.6) is 11.5 Å². The van der Waals surface area contributed by atoms with E-state index >= 15 is 0 Å². The molecule has 0 unspecified atom stereocenters. The molecule has 0 fully saturated rings. The number of fused-ring (bicyclic) bond motifs is 2. The van der Waals surface area contributed by atoms with Crippen LogP contribution >= 0.6 is 0 Å². The Hall–Kier alpha value is -6.28. The molecule has 0 amide bonds. The number of ether oxygens (including phenoxy) is 1. The SMILES string of the molecule is C.C=C=C.COc1ccc(Cc2ccc(-n3nc(-c4ccc(C)cc4)c4ccccc4c3=O)cc2)cc1.Fc1ccc(Cc2ccc(F)cc2)cc1.O=CO[O-].O=c1[nH]nc(-c2ccc(O)cc2)c2ccccc12.[H-].[K+].[K+]. The number of methoxy groups -OCH3 is 1. The van der Waals surface area contributed by atoms with Crippen molar-refractivity contribution in [2.24, 2.45) is 0 Å². The number of benzene rings is 8. The van der Waals surface area contributed by atoms with Gasteiger partial charge in [0.05, 0.1) is 35.0 Å². The summed E-state index contributed by atoms with van der Waals surface area (Å²) in [5.74, 6) is 0.573. The number of aromatic amines is 1. The molecule has 15 heteroatoms. The van der Waals surface area contributed by atoms with Gasteiger partial charge in [0.1, 0.15) is 23.1 Å². The molecule has 8 aromatic carbocycles. The van der Waals surface area contributed by atoms with Crippen molar-refractivity contribution >= 4 is 28.0 Å². The standard InChI is InChI=1S/C29H24N2O2.C14H10N2O2.C13H10F2.C3H4.CH2O3.CH4.2K.H/c1-20-7-13-23(14-8-20)28-26-5-3-4-6-27(26)29(32)31(30-28)24-15-9-21(10-16-24)19-22-11-17-25(33-2)18-12-22;17-10-7-5-9(6-8-10)13-11-3-1-2-4-12(11)14(18)16-15-13;14-12-5-1-10(2-6-12)9-11-3-7-13(15)8-4-11;1-3-2;2-1-4-3;;;;/h3-18H,19H2,1-2H3;1-8,17H,(H,16,18);1-8H,9H2;1-2H2;1,3H;1H4;;;/q;;;;;;2*+1;-1/p-1. The molecule has 0 spiro atoms. The Balaban J connectivity index is 0.000000392. The van der Waals surface area contributed by atoms with E-state index in [9.17, 15) is 23.5 Å². The molecule has 10 aromatic rings. The molecule has 2 N–H and O–H groups in total. The fourth-order valence-corrected chi connectivity index (χ4v) is 7.42. The molecular weight excluding hydrogens is 1020 g/mol. The second kappa shape index (κ2) is 33.0. The number of phenolic OH excluding ortho intramolecular Hbond substituents is 1. The molecule has 0 aliphatic carbocycles. The molecule has 0 saturated carbocycles. The van der Waals surface area contributed by atoms with Crippen LogP contribution in [0.25, 0.3) is 49.7 Å². The van der Waals surface area contributed by atoms with E-state index in [1.54, 1.807) is 61.7 Å². The maximum atomic E-state index is 13.3. The van der Waals surface area contributed by atoms with Crippen LogP contribution in [0.15, 0.2) is 223 Å². The molecular formula is C61H54F2K2N4O7. The Labute approximate surface area is 526 Å². The first-order valence-corrected chi connectivity index (χ1v) is 22.5. The first-order chi connectivity index (χ1) is 35.4. The Morgan fingerprint density at radius 3 is 1.49 bits per heavy atom. The summed E-state index contributed by atoms with van der Waals surface area (Å²) in [6, 6.07) is 58.7. The van der Waals surface area contributed by atoms with Crippen molar-refractivity contribution in [3.63, 3.8) is 0 Å². The number of aryl methyl sites for hydroxylation is 1. The average Bonchev–Trinajstić information content (AvgIpc) is 3.42. The molecule has 0 radical (unpaired) electrons. The van der Waals surface area contributed by atoms with Gasteiger partial charge in [0.15, 0.2) is 0 Å². The minimum Gasteiger partial charge on any atom is -1.00 e. The summed E-state index contributed by atoms with van der Waals surface area (Å²) in [6.45, 7) is 8.13. The van der Waals surface area contributed by atoms with Crippen LogP contribution in [-0.2, 0) is 22.5 Å². The van der Waals surface area contributed by atoms with Crippen LogP contribution in [0.3, 0.4) is 0 Å². The Bertz CT molecular complexity index is 3500. The molecule has 376 valence electrons. The number of hydrogen-bond donors (Lipinski definition) is 2. The molecule has 76 heavy (non-hydrogen) atoms. The molecule has 2 aromatic heterocycles. The third kappa shape index (κ3) is 18.5. The summed E-state index contributed by atoms with van der Waals surface area (Å²) in [5, 5.41) is 32.0. The van der Waals surface area contributed by atoms with Gasteiger partial charge in [0, 0.05) is 21.9 Å². The first kappa shape index (κ1) is 64.0. The summed E-state index contributed by atoms with van der Waals surface area (Å²) >= 11 is 0. The van der Waals surface area contributed by atoms with Gasteiger partial charge in [-0.1, -0.05) is 135 Å². The van der Waals surface area contributed by atoms with Gasteiger partial charge in [-0.05, 0) is 127 Å². The van der Waals surface area contributed by atoms with E-state index in [1.165, 1.54) is 40.1 Å². The van der Waals surface area contributed by atoms with Crippen molar-refractivity contribution in [1.82, 2.24) is 20.0 Å². The fraction of sp³-hybridized carbons (Fsp3) is 0.0820. The van der Waals surface area contributed by atoms with Crippen molar-refractivity contribution in [1.29, 1.82) is 0 Å². The number of nitrogens with zero attached hydrogens (tertiary/aromatic N) is 3. The minimum absolute atomic E-state index is 0. The second-order valence-electron chi connectivity index (χ2n) is 16.0. The Morgan fingerprint density at radius 1 is 0.632 bits per heavy atom. The third-order valence-corrected chi connectivity index (χ3v) is 11.0. The van der Waals surface area contributed by atoms with Gasteiger partial charge >= 0.3 is 103 Å². The monoisotopic (exact) mass is 1070 g/mol. The number of aromatic hydroxyl groups is 1. The summed E-state index contributed by atoms with van der Waals surface area (Å²) in [6.07, 6.45) is 1.50. The molecule has 10 rings (SSSR count). The molecule has 0 saturated heterocycles. The van der Waals surface area contributed by atoms with E-state index in [-0.39, 0.29) is 147 Å². The number of hydrogen-bond acceptors (Lipinski definition) is 9. The normalized spacial score (nSPS) is 9.70. The zero-order chi connectivity index (χ0) is 52.1. The summed E-state index contributed by atoms with van der Waals surface area (Å²) < 4.78 is 32.0. The molecule has 0 bridgehead atoms. The average molecular weight is 1070 g/mol. The van der Waals surface area contributed by atoms with Crippen LogP contribution in [0.2, 0.25) is 0 Å². The Morgan fingerprint density at radius 2 is 1.03 bits per heavy atom. The largest absolute Gasteiger partial charge is 1.00 e. The van der Waals surface area contributed by atoms with Gasteiger partial charge in [-0.15, -0.1) is 5.73 Å². The van der Waals surface area contributed by atoms with Gasteiger partial charge in [-0.25, -0.2) is 13.9 Å². The van der Waals surface area contributed by atoms with E-state index in [0.717, 1.165) is 62.1 Å². The topological polar surface area (TPSA) is 159 Å². The number of nitrogens with one attached hydrogen (secondary N) is 1. The minimum atomic E-state index is -0.238. The summed E-state index contributed by atoms with van der Waals surface area (Å²) in [4.78, 5) is 36.2. The van der Waals surface area contributed by atoms with Crippen LogP contribution in [-0.4, -0.2) is 38.7 Å². The van der Waals surface area contributed by atoms with Crippen molar-refractivity contribution in [2.75, 3.05) is 7.11 Å². The molecule has 2 heterocycles. The predicted molar refractivity (Wildman–Crippen MR) is 288 cm³/mol. The van der Waals surface area contributed by atoms with E-state index < -0.39 is 0 Å². The number of carbonyl (C=O) groups excluding carboxylic acids is 1. The van der Waals surface area contributed by atoms with Crippen molar-refractivity contribution in [3.05, 3.63) is 273 Å². The predicted octanol–water partition coefficient (Wildman–Crippen LogP) is 5.96. The van der Waals surface area contributed by atoms with Crippen LogP contribution in [0.4, 0.5) is 8.78 Å². The van der Waals surface area contributed by atoms with E-state index in [2.05, 4.69) is 89.4 Å². The number of halogens is 2. The van der Waals surface area contributed by atoms with Crippen molar-refractivity contribution < 1.29 is 138 Å². The maximum absolute atomic E-state index is 13.3. The smallest absolute Gasteiger partial charge is 1.00 e. The summed E-state index contributed by atoms with van der Waals surface area (Å²) in [7, 11) is 1.67. The zero-order valence-electron chi connectivity index (χ0n) is 42.9. The van der Waals surface area contributed by atoms with Gasteiger partial charge in [0.25, 0.3) is 17.6 Å². The van der Waals surface area contributed by atoms with Crippen LogP contribution in [0, 0.1) is 18.6 Å². The number of aromatic nitrogens is 4. The zero-order valence-corrected chi connectivity index (χ0v) is 48.1. The first-order valence-electron chi connectivity index (χ1n) is 22.5. The molecule has 0 aliphatic rings. The van der Waals surface area contributed by atoms with Gasteiger partial charge in [-0.3, -0.25) is 14.4 Å². The second-order valence-corrected chi connectivity index (χ2v) is 16.0. The Kier molecular flexibility index (Phi) is 27.8. The van der Waals surface area contributed by atoms with E-state index in [1.807, 2.05) is 66.7 Å². The van der Waals surface area contributed by atoms with E-state index in [0.29, 0.717) is 22.9 Å². The van der Waals surface area contributed by atoms with E-state index in [4.69, 9.17) is 19.9 Å². The van der Waals surface area contributed by atoms with Gasteiger partial charge < -0.3 is 21.4 Å². The molecule has 11 nitrogen and oxygen atoms in total. The quantitative estimate of drug-likeness (QED) is 0.0585. The van der Waals surface area contributed by atoms with Crippen LogP contribution < -0.4 is 124 Å². The third-order valence-electron chi connectivity index (χ3n) is 11.0. The molecule has 0 aliphatic heterocycles. The van der Waals surface area contributed by atoms with Crippen molar-refractivity contribution in [3.8, 4) is 39.7 Å². The van der Waals surface area contributed by atoms with Gasteiger partial charge in [-0.2, -0.15) is 14.9 Å². The fourth-order valence-electron chi connectivity index (χ4n) is 7.42. The number of carbonyl (C=O) groups is 1. The number of phenols is 1. The maximum Gasteiger partial charge on any atom is 1.00 e. The number of H-pyrrole nitrogens is 1. The van der Waals surface area contributed by atoms with Crippen LogP contribution in [0.1, 0.15) is 36.7 Å². The van der Waals surface area contributed by atoms with Crippen molar-refractivity contribution in [2.45, 2.75) is 27.2 Å².